The SMILES string of the molecule is O=S(=O)(c1ccccc1F)N1C2CCC1CC(n1ccnn1)C2. The second-order valence-corrected chi connectivity index (χ2v) is 7.97. The largest absolute Gasteiger partial charge is 0.249 e. The maximum Gasteiger partial charge on any atom is 0.246 e. The highest BCUT2D eigenvalue weighted by atomic mass is 32.2. The first-order chi connectivity index (χ1) is 11.1. The number of benzene rings is 1. The van der Waals surface area contributed by atoms with E-state index in [1.54, 1.807) is 16.9 Å². The first-order valence-electron chi connectivity index (χ1n) is 7.71. The Bertz CT molecular complexity index is 795. The van der Waals surface area contributed by atoms with Gasteiger partial charge in [0.25, 0.3) is 0 Å². The molecule has 0 saturated carbocycles. The molecule has 2 aliphatic rings. The molecule has 0 spiro atoms. The summed E-state index contributed by atoms with van der Waals surface area (Å²) < 4.78 is 43.1. The monoisotopic (exact) mass is 336 g/mol. The van der Waals surface area contributed by atoms with Gasteiger partial charge in [0, 0.05) is 18.3 Å². The van der Waals surface area contributed by atoms with Gasteiger partial charge in [-0.05, 0) is 37.8 Å². The maximum absolute atomic E-state index is 14.0. The van der Waals surface area contributed by atoms with E-state index < -0.39 is 15.8 Å². The van der Waals surface area contributed by atoms with Crippen molar-refractivity contribution in [1.82, 2.24) is 19.3 Å². The van der Waals surface area contributed by atoms with Crippen molar-refractivity contribution in [1.29, 1.82) is 0 Å². The standard InChI is InChI=1S/C15H17FN4O2S/c16-14-3-1-2-4-15(14)23(21,22)20-11-5-6-12(20)10-13(9-11)19-8-7-17-18-19/h1-4,7-8,11-13H,5-6,9-10H2. The van der Waals surface area contributed by atoms with E-state index in [4.69, 9.17) is 0 Å². The van der Waals surface area contributed by atoms with E-state index >= 15 is 0 Å². The summed E-state index contributed by atoms with van der Waals surface area (Å²) in [4.78, 5) is -0.226. The molecule has 122 valence electrons. The highest BCUT2D eigenvalue weighted by molar-refractivity contribution is 7.89. The molecule has 0 amide bonds. The number of sulfonamides is 1. The lowest BCUT2D eigenvalue weighted by Crippen LogP contribution is -2.47. The van der Waals surface area contributed by atoms with Crippen LogP contribution in [0.15, 0.2) is 41.6 Å². The molecule has 2 aromatic rings. The Morgan fingerprint density at radius 1 is 1.09 bits per heavy atom. The van der Waals surface area contributed by atoms with E-state index in [1.807, 2.05) is 6.20 Å². The molecule has 2 atom stereocenters. The van der Waals surface area contributed by atoms with Gasteiger partial charge >= 0.3 is 0 Å². The van der Waals surface area contributed by atoms with Crippen molar-refractivity contribution in [2.75, 3.05) is 0 Å². The molecule has 2 saturated heterocycles. The Kier molecular flexibility index (Phi) is 3.46. The van der Waals surface area contributed by atoms with Gasteiger partial charge in [0.2, 0.25) is 10.0 Å². The van der Waals surface area contributed by atoms with E-state index in [9.17, 15) is 12.8 Å². The van der Waals surface area contributed by atoms with E-state index in [0.29, 0.717) is 12.8 Å². The van der Waals surface area contributed by atoms with Crippen LogP contribution in [0.2, 0.25) is 0 Å². The first-order valence-corrected chi connectivity index (χ1v) is 9.15. The second kappa shape index (κ2) is 5.38. The zero-order valence-electron chi connectivity index (χ0n) is 12.4. The van der Waals surface area contributed by atoms with Crippen molar-refractivity contribution in [2.24, 2.45) is 0 Å². The second-order valence-electron chi connectivity index (χ2n) is 6.16. The summed E-state index contributed by atoms with van der Waals surface area (Å²) in [7, 11) is -3.81. The molecule has 8 heteroatoms. The molecular weight excluding hydrogens is 319 g/mol. The smallest absolute Gasteiger partial charge is 0.246 e. The summed E-state index contributed by atoms with van der Waals surface area (Å²) in [6.45, 7) is 0. The molecule has 1 aromatic heterocycles. The summed E-state index contributed by atoms with van der Waals surface area (Å²) in [6.07, 6.45) is 6.43. The van der Waals surface area contributed by atoms with Crippen LogP contribution in [0.25, 0.3) is 0 Å². The summed E-state index contributed by atoms with van der Waals surface area (Å²) in [5, 5.41) is 7.86. The van der Waals surface area contributed by atoms with Crippen molar-refractivity contribution in [3.63, 3.8) is 0 Å². The van der Waals surface area contributed by atoms with E-state index in [2.05, 4.69) is 10.3 Å². The lowest BCUT2D eigenvalue weighted by atomic mass is 10.00. The van der Waals surface area contributed by atoms with Crippen molar-refractivity contribution in [3.05, 3.63) is 42.5 Å². The van der Waals surface area contributed by atoms with Crippen LogP contribution in [0, 0.1) is 5.82 Å². The zero-order valence-corrected chi connectivity index (χ0v) is 13.2. The minimum absolute atomic E-state index is 0.104. The first kappa shape index (κ1) is 14.8. The molecule has 0 radical (unpaired) electrons. The molecule has 2 fully saturated rings. The normalized spacial score (nSPS) is 28.1. The van der Waals surface area contributed by atoms with Gasteiger partial charge in [-0.3, -0.25) is 0 Å². The lowest BCUT2D eigenvalue weighted by molar-refractivity contribution is 0.183. The molecule has 23 heavy (non-hydrogen) atoms. The van der Waals surface area contributed by atoms with Crippen molar-refractivity contribution < 1.29 is 12.8 Å². The topological polar surface area (TPSA) is 68.1 Å². The maximum atomic E-state index is 14.0. The van der Waals surface area contributed by atoms with Gasteiger partial charge in [-0.1, -0.05) is 17.3 Å². The molecule has 3 heterocycles. The number of aromatic nitrogens is 3. The number of fused-ring (bicyclic) bond motifs is 2. The Labute approximate surface area is 134 Å². The third-order valence-electron chi connectivity index (χ3n) is 4.85. The number of halogens is 1. The van der Waals surface area contributed by atoms with Crippen LogP contribution < -0.4 is 0 Å². The molecule has 2 aliphatic heterocycles. The summed E-state index contributed by atoms with van der Waals surface area (Å²) in [6, 6.07) is 5.53. The minimum Gasteiger partial charge on any atom is -0.249 e. The van der Waals surface area contributed by atoms with Crippen LogP contribution in [-0.2, 0) is 10.0 Å². The molecule has 6 nitrogen and oxygen atoms in total. The molecule has 0 N–H and O–H groups in total. The molecule has 2 bridgehead atoms. The fraction of sp³-hybridized carbons (Fsp3) is 0.467. The van der Waals surface area contributed by atoms with Crippen molar-refractivity contribution in [3.8, 4) is 0 Å². The van der Waals surface area contributed by atoms with E-state index in [-0.39, 0.29) is 23.0 Å². The number of hydrogen-bond donors (Lipinski definition) is 0. The van der Waals surface area contributed by atoms with Gasteiger partial charge in [-0.15, -0.1) is 5.10 Å². The summed E-state index contributed by atoms with van der Waals surface area (Å²) in [5.41, 5.74) is 0. The number of rotatable bonds is 3. The molecule has 2 unspecified atom stereocenters. The molecule has 4 rings (SSSR count). The van der Waals surface area contributed by atoms with Crippen LogP contribution in [0.1, 0.15) is 31.7 Å². The van der Waals surface area contributed by atoms with Gasteiger partial charge in [0.05, 0.1) is 12.2 Å². The average molecular weight is 336 g/mol. The summed E-state index contributed by atoms with van der Waals surface area (Å²) >= 11 is 0. The fourth-order valence-electron chi connectivity index (χ4n) is 3.89. The van der Waals surface area contributed by atoms with Crippen molar-refractivity contribution in [2.45, 2.75) is 48.7 Å². The number of piperidine rings is 1. The predicted molar refractivity (Wildman–Crippen MR) is 80.5 cm³/mol. The Hall–Kier alpha value is -1.80. The average Bonchev–Trinajstić information content (AvgIpc) is 3.15. The fourth-order valence-corrected chi connectivity index (χ4v) is 5.85. The van der Waals surface area contributed by atoms with Crippen LogP contribution in [0.5, 0.6) is 0 Å². The Balaban J connectivity index is 1.66. The van der Waals surface area contributed by atoms with Gasteiger partial charge in [0.1, 0.15) is 10.7 Å². The lowest BCUT2D eigenvalue weighted by Gasteiger charge is -2.37. The van der Waals surface area contributed by atoms with E-state index in [1.165, 1.54) is 22.5 Å². The van der Waals surface area contributed by atoms with Gasteiger partial charge in [-0.2, -0.15) is 4.31 Å². The highest BCUT2D eigenvalue weighted by Gasteiger charge is 2.48. The molecule has 0 aliphatic carbocycles. The number of hydrogen-bond acceptors (Lipinski definition) is 4. The number of nitrogens with zero attached hydrogens (tertiary/aromatic N) is 4. The van der Waals surface area contributed by atoms with Crippen molar-refractivity contribution >= 4 is 10.0 Å². The third-order valence-corrected chi connectivity index (χ3v) is 6.89. The van der Waals surface area contributed by atoms with Crippen LogP contribution in [0.4, 0.5) is 4.39 Å². The molecule has 1 aromatic carbocycles. The molecular formula is C15H17FN4O2S. The Morgan fingerprint density at radius 2 is 1.78 bits per heavy atom. The van der Waals surface area contributed by atoms with Gasteiger partial charge in [-0.25, -0.2) is 17.5 Å². The van der Waals surface area contributed by atoms with Crippen LogP contribution in [-0.4, -0.2) is 39.8 Å². The van der Waals surface area contributed by atoms with Crippen LogP contribution >= 0.6 is 0 Å². The Morgan fingerprint density at radius 3 is 2.39 bits per heavy atom. The highest BCUT2D eigenvalue weighted by Crippen LogP contribution is 2.43. The van der Waals surface area contributed by atoms with Gasteiger partial charge in [0.15, 0.2) is 0 Å². The zero-order chi connectivity index (χ0) is 16.0. The minimum atomic E-state index is -3.81. The summed E-state index contributed by atoms with van der Waals surface area (Å²) in [5.74, 6) is -0.690. The quantitative estimate of drug-likeness (QED) is 0.859. The van der Waals surface area contributed by atoms with Crippen LogP contribution in [0.3, 0.4) is 0 Å². The van der Waals surface area contributed by atoms with Gasteiger partial charge < -0.3 is 0 Å². The third kappa shape index (κ3) is 2.36. The predicted octanol–water partition coefficient (Wildman–Crippen LogP) is 1.97. The van der Waals surface area contributed by atoms with E-state index in [0.717, 1.165) is 12.8 Å².